The highest BCUT2D eigenvalue weighted by Crippen LogP contribution is 2.19. The van der Waals surface area contributed by atoms with Gasteiger partial charge in [-0.15, -0.1) is 0 Å². The minimum atomic E-state index is -0.449. The third-order valence-electron chi connectivity index (χ3n) is 3.90. The van der Waals surface area contributed by atoms with Crippen molar-refractivity contribution >= 4 is 29.3 Å². The van der Waals surface area contributed by atoms with E-state index in [0.29, 0.717) is 22.8 Å². The largest absolute Gasteiger partial charge is 0.462 e. The SMILES string of the molecule is CCOC(=O)c1ccc(NC(=O)c2cc(NC(C)=O)n(-c3ccccc3)n2)cc1. The van der Waals surface area contributed by atoms with Crippen LogP contribution in [0.2, 0.25) is 0 Å². The Morgan fingerprint density at radius 2 is 1.69 bits per heavy atom. The molecule has 0 bridgehead atoms. The van der Waals surface area contributed by atoms with Crippen LogP contribution >= 0.6 is 0 Å². The fourth-order valence-electron chi connectivity index (χ4n) is 2.63. The molecule has 0 aliphatic carbocycles. The summed E-state index contributed by atoms with van der Waals surface area (Å²) in [6, 6.07) is 17.0. The molecule has 8 nitrogen and oxygen atoms in total. The van der Waals surface area contributed by atoms with Gasteiger partial charge >= 0.3 is 5.97 Å². The molecule has 0 saturated heterocycles. The average Bonchev–Trinajstić information content (AvgIpc) is 3.12. The molecule has 0 unspecified atom stereocenters. The van der Waals surface area contributed by atoms with Gasteiger partial charge in [-0.3, -0.25) is 9.59 Å². The zero-order chi connectivity index (χ0) is 20.8. The van der Waals surface area contributed by atoms with E-state index in [4.69, 9.17) is 4.74 Å². The number of benzene rings is 2. The van der Waals surface area contributed by atoms with Gasteiger partial charge in [0.2, 0.25) is 5.91 Å². The van der Waals surface area contributed by atoms with Crippen molar-refractivity contribution in [2.75, 3.05) is 17.2 Å². The summed E-state index contributed by atoms with van der Waals surface area (Å²) < 4.78 is 6.42. The Labute approximate surface area is 167 Å². The molecule has 0 spiro atoms. The summed E-state index contributed by atoms with van der Waals surface area (Å²) in [5.41, 5.74) is 1.73. The van der Waals surface area contributed by atoms with Crippen molar-refractivity contribution in [2.24, 2.45) is 0 Å². The molecule has 1 aromatic heterocycles. The van der Waals surface area contributed by atoms with Crippen LogP contribution < -0.4 is 10.6 Å². The molecule has 8 heteroatoms. The lowest BCUT2D eigenvalue weighted by Gasteiger charge is -2.06. The molecule has 148 valence electrons. The number of aromatic nitrogens is 2. The monoisotopic (exact) mass is 392 g/mol. The van der Waals surface area contributed by atoms with Crippen molar-refractivity contribution in [3.05, 3.63) is 71.9 Å². The second-order valence-corrected chi connectivity index (χ2v) is 6.10. The lowest BCUT2D eigenvalue weighted by Crippen LogP contribution is -2.13. The zero-order valence-electron chi connectivity index (χ0n) is 16.0. The van der Waals surface area contributed by atoms with Crippen LogP contribution in [0.1, 0.15) is 34.7 Å². The summed E-state index contributed by atoms with van der Waals surface area (Å²) in [6.45, 7) is 3.40. The highest BCUT2D eigenvalue weighted by molar-refractivity contribution is 6.04. The van der Waals surface area contributed by atoms with Crippen LogP contribution in [0.15, 0.2) is 60.7 Å². The summed E-state index contributed by atoms with van der Waals surface area (Å²) in [6.07, 6.45) is 0. The number of nitrogens with one attached hydrogen (secondary N) is 2. The molecule has 1 heterocycles. The highest BCUT2D eigenvalue weighted by Gasteiger charge is 2.17. The van der Waals surface area contributed by atoms with Crippen molar-refractivity contribution in [1.82, 2.24) is 9.78 Å². The standard InChI is InChI=1S/C21H20N4O4/c1-3-29-21(28)15-9-11-16(12-10-15)23-20(27)18-13-19(22-14(2)26)25(24-18)17-7-5-4-6-8-17/h4-13H,3H2,1-2H3,(H,22,26)(H,23,27). The summed E-state index contributed by atoms with van der Waals surface area (Å²) >= 11 is 0. The molecule has 3 aromatic rings. The predicted octanol–water partition coefficient (Wildman–Crippen LogP) is 3.26. The summed E-state index contributed by atoms with van der Waals surface area (Å²) in [7, 11) is 0. The Morgan fingerprint density at radius 1 is 1.00 bits per heavy atom. The molecule has 2 amide bonds. The van der Waals surface area contributed by atoms with Crippen molar-refractivity contribution in [2.45, 2.75) is 13.8 Å². The normalized spacial score (nSPS) is 10.3. The number of para-hydroxylation sites is 1. The van der Waals surface area contributed by atoms with Gasteiger partial charge in [-0.2, -0.15) is 5.10 Å². The predicted molar refractivity (Wildman–Crippen MR) is 108 cm³/mol. The number of hydrogen-bond donors (Lipinski definition) is 2. The summed E-state index contributed by atoms with van der Waals surface area (Å²) in [4.78, 5) is 35.8. The number of carbonyl (C=O) groups is 3. The molecule has 0 fully saturated rings. The number of nitrogens with zero attached hydrogens (tertiary/aromatic N) is 2. The van der Waals surface area contributed by atoms with Gasteiger partial charge in [-0.1, -0.05) is 18.2 Å². The first-order valence-electron chi connectivity index (χ1n) is 8.99. The van der Waals surface area contributed by atoms with Gasteiger partial charge in [0.1, 0.15) is 5.82 Å². The van der Waals surface area contributed by atoms with Crippen LogP contribution in [0, 0.1) is 0 Å². The number of amides is 2. The number of anilines is 2. The van der Waals surface area contributed by atoms with Gasteiger partial charge in [0, 0.05) is 18.7 Å². The van der Waals surface area contributed by atoms with E-state index in [1.165, 1.54) is 17.7 Å². The van der Waals surface area contributed by atoms with Crippen LogP contribution in [0.4, 0.5) is 11.5 Å². The van der Waals surface area contributed by atoms with E-state index in [2.05, 4.69) is 15.7 Å². The fraction of sp³-hybridized carbons (Fsp3) is 0.143. The fourth-order valence-corrected chi connectivity index (χ4v) is 2.63. The average molecular weight is 392 g/mol. The third kappa shape index (κ3) is 4.86. The molecule has 2 N–H and O–H groups in total. The summed E-state index contributed by atoms with van der Waals surface area (Å²) in [5.74, 6) is -0.766. The zero-order valence-corrected chi connectivity index (χ0v) is 16.0. The molecular formula is C21H20N4O4. The van der Waals surface area contributed by atoms with Crippen LogP contribution in [0.25, 0.3) is 5.69 Å². The number of esters is 1. The van der Waals surface area contributed by atoms with Crippen molar-refractivity contribution in [1.29, 1.82) is 0 Å². The Bertz CT molecular complexity index is 1030. The molecule has 0 aliphatic heterocycles. The quantitative estimate of drug-likeness (QED) is 0.627. The van der Waals surface area contributed by atoms with Gasteiger partial charge in [0.15, 0.2) is 5.69 Å². The lowest BCUT2D eigenvalue weighted by molar-refractivity contribution is -0.114. The van der Waals surface area contributed by atoms with Gasteiger partial charge in [-0.05, 0) is 43.3 Å². The molecule has 0 saturated carbocycles. The molecule has 0 radical (unpaired) electrons. The number of ether oxygens (including phenoxy) is 1. The molecular weight excluding hydrogens is 372 g/mol. The molecule has 29 heavy (non-hydrogen) atoms. The minimum absolute atomic E-state index is 0.132. The summed E-state index contributed by atoms with van der Waals surface area (Å²) in [5, 5.41) is 9.71. The minimum Gasteiger partial charge on any atom is -0.462 e. The van der Waals surface area contributed by atoms with Gasteiger partial charge in [0.05, 0.1) is 17.9 Å². The van der Waals surface area contributed by atoms with Gasteiger partial charge < -0.3 is 15.4 Å². The van der Waals surface area contributed by atoms with E-state index in [1.54, 1.807) is 31.2 Å². The van der Waals surface area contributed by atoms with Crippen molar-refractivity contribution in [3.8, 4) is 5.69 Å². The van der Waals surface area contributed by atoms with Gasteiger partial charge in [-0.25, -0.2) is 9.48 Å². The Hall–Kier alpha value is -3.94. The van der Waals surface area contributed by atoms with Crippen LogP contribution in [0.5, 0.6) is 0 Å². The van der Waals surface area contributed by atoms with E-state index in [9.17, 15) is 14.4 Å². The molecule has 3 rings (SSSR count). The number of carbonyl (C=O) groups excluding carboxylic acids is 3. The Morgan fingerprint density at radius 3 is 2.31 bits per heavy atom. The van der Waals surface area contributed by atoms with E-state index < -0.39 is 11.9 Å². The number of hydrogen-bond acceptors (Lipinski definition) is 5. The Kier molecular flexibility index (Phi) is 6.03. The van der Waals surface area contributed by atoms with Crippen LogP contribution in [0.3, 0.4) is 0 Å². The number of rotatable bonds is 6. The van der Waals surface area contributed by atoms with E-state index in [0.717, 1.165) is 0 Å². The topological polar surface area (TPSA) is 102 Å². The third-order valence-corrected chi connectivity index (χ3v) is 3.90. The lowest BCUT2D eigenvalue weighted by atomic mass is 10.2. The van der Waals surface area contributed by atoms with Crippen LogP contribution in [-0.2, 0) is 9.53 Å². The first kappa shape index (κ1) is 19.8. The van der Waals surface area contributed by atoms with E-state index >= 15 is 0 Å². The van der Waals surface area contributed by atoms with Crippen molar-refractivity contribution in [3.63, 3.8) is 0 Å². The second kappa shape index (κ2) is 8.83. The van der Waals surface area contributed by atoms with Crippen LogP contribution in [-0.4, -0.2) is 34.2 Å². The first-order valence-corrected chi connectivity index (χ1v) is 8.99. The van der Waals surface area contributed by atoms with Gasteiger partial charge in [0.25, 0.3) is 5.91 Å². The first-order chi connectivity index (χ1) is 14.0. The van der Waals surface area contributed by atoms with E-state index in [1.807, 2.05) is 30.3 Å². The smallest absolute Gasteiger partial charge is 0.338 e. The van der Waals surface area contributed by atoms with E-state index in [-0.39, 0.29) is 18.2 Å². The maximum absolute atomic E-state index is 12.6. The Balaban J connectivity index is 1.81. The second-order valence-electron chi connectivity index (χ2n) is 6.10. The molecule has 2 aromatic carbocycles. The molecule has 0 aliphatic rings. The highest BCUT2D eigenvalue weighted by atomic mass is 16.5. The van der Waals surface area contributed by atoms with Crippen molar-refractivity contribution < 1.29 is 19.1 Å². The molecule has 0 atom stereocenters. The maximum Gasteiger partial charge on any atom is 0.338 e. The maximum atomic E-state index is 12.6.